The van der Waals surface area contributed by atoms with Crippen LogP contribution in [-0.4, -0.2) is 26.2 Å². The van der Waals surface area contributed by atoms with Crippen LogP contribution in [-0.2, 0) is 16.1 Å². The van der Waals surface area contributed by atoms with E-state index in [1.54, 1.807) is 7.11 Å². The van der Waals surface area contributed by atoms with Crippen LogP contribution in [0.25, 0.3) is 0 Å². The summed E-state index contributed by atoms with van der Waals surface area (Å²) in [7, 11) is 1.63. The number of methoxy groups -OCH3 is 1. The van der Waals surface area contributed by atoms with E-state index in [0.717, 1.165) is 23.8 Å². The molecule has 0 radical (unpaired) electrons. The van der Waals surface area contributed by atoms with Crippen LogP contribution in [0.4, 0.5) is 0 Å². The normalized spacial score (nSPS) is 14.3. The standard InChI is InChI=1S/C14H19NO3/c1-17-13-6-4-12(5-7-13)10-18-14(16)9-15-8-11-2-3-11/h4-7,11,15H,2-3,8-10H2,1H3. The quantitative estimate of drug-likeness (QED) is 0.748. The third kappa shape index (κ3) is 4.37. The van der Waals surface area contributed by atoms with Crippen molar-refractivity contribution in [1.29, 1.82) is 0 Å². The Labute approximate surface area is 107 Å². The van der Waals surface area contributed by atoms with Gasteiger partial charge in [-0.1, -0.05) is 12.1 Å². The second-order valence-electron chi connectivity index (χ2n) is 4.58. The van der Waals surface area contributed by atoms with Crippen molar-refractivity contribution in [3.05, 3.63) is 29.8 Å². The Kier molecular flexibility index (Phi) is 4.59. The summed E-state index contributed by atoms with van der Waals surface area (Å²) in [5.74, 6) is 1.38. The summed E-state index contributed by atoms with van der Waals surface area (Å²) in [6, 6.07) is 7.50. The number of nitrogens with one attached hydrogen (secondary N) is 1. The van der Waals surface area contributed by atoms with E-state index in [0.29, 0.717) is 13.2 Å². The van der Waals surface area contributed by atoms with Crippen molar-refractivity contribution in [2.45, 2.75) is 19.4 Å². The van der Waals surface area contributed by atoms with E-state index < -0.39 is 0 Å². The van der Waals surface area contributed by atoms with Gasteiger partial charge in [0.25, 0.3) is 0 Å². The third-order valence-electron chi connectivity index (χ3n) is 2.96. The topological polar surface area (TPSA) is 47.6 Å². The number of esters is 1. The average Bonchev–Trinajstić information content (AvgIpc) is 3.21. The van der Waals surface area contributed by atoms with Gasteiger partial charge in [-0.05, 0) is 43.0 Å². The Morgan fingerprint density at radius 3 is 2.67 bits per heavy atom. The van der Waals surface area contributed by atoms with Gasteiger partial charge in [-0.25, -0.2) is 0 Å². The molecule has 0 amide bonds. The molecule has 1 saturated carbocycles. The van der Waals surface area contributed by atoms with Crippen molar-refractivity contribution in [3.63, 3.8) is 0 Å². The first-order chi connectivity index (χ1) is 8.78. The molecule has 0 heterocycles. The highest BCUT2D eigenvalue weighted by Crippen LogP contribution is 2.27. The summed E-state index contributed by atoms with van der Waals surface area (Å²) >= 11 is 0. The van der Waals surface area contributed by atoms with Crippen LogP contribution in [0.15, 0.2) is 24.3 Å². The van der Waals surface area contributed by atoms with Gasteiger partial charge in [0.2, 0.25) is 0 Å². The van der Waals surface area contributed by atoms with E-state index in [9.17, 15) is 4.79 Å². The monoisotopic (exact) mass is 249 g/mol. The molecule has 0 aromatic heterocycles. The molecule has 0 atom stereocenters. The molecule has 98 valence electrons. The van der Waals surface area contributed by atoms with E-state index in [4.69, 9.17) is 9.47 Å². The van der Waals surface area contributed by atoms with Gasteiger partial charge in [0, 0.05) is 0 Å². The zero-order valence-electron chi connectivity index (χ0n) is 10.6. The van der Waals surface area contributed by atoms with E-state index in [2.05, 4.69) is 5.32 Å². The summed E-state index contributed by atoms with van der Waals surface area (Å²) in [6.45, 7) is 1.54. The van der Waals surface area contributed by atoms with E-state index in [1.165, 1.54) is 12.8 Å². The van der Waals surface area contributed by atoms with Crippen LogP contribution in [0.1, 0.15) is 18.4 Å². The maximum atomic E-state index is 11.4. The SMILES string of the molecule is COc1ccc(COC(=O)CNCC2CC2)cc1. The lowest BCUT2D eigenvalue weighted by atomic mass is 10.2. The molecule has 0 aliphatic heterocycles. The fraction of sp³-hybridized carbons (Fsp3) is 0.500. The molecule has 1 aliphatic carbocycles. The number of ether oxygens (including phenoxy) is 2. The lowest BCUT2D eigenvalue weighted by Gasteiger charge is -2.06. The van der Waals surface area contributed by atoms with Crippen molar-refractivity contribution in [2.24, 2.45) is 5.92 Å². The Balaban J connectivity index is 1.64. The van der Waals surface area contributed by atoms with Crippen molar-refractivity contribution in [1.82, 2.24) is 5.32 Å². The van der Waals surface area contributed by atoms with Crippen molar-refractivity contribution >= 4 is 5.97 Å². The van der Waals surface area contributed by atoms with Gasteiger partial charge in [0.05, 0.1) is 13.7 Å². The first kappa shape index (κ1) is 12.9. The molecular formula is C14H19NO3. The fourth-order valence-electron chi connectivity index (χ4n) is 1.64. The Morgan fingerprint density at radius 2 is 2.06 bits per heavy atom. The lowest BCUT2D eigenvalue weighted by molar-refractivity contribution is -0.143. The molecular weight excluding hydrogens is 230 g/mol. The van der Waals surface area contributed by atoms with Gasteiger partial charge in [-0.15, -0.1) is 0 Å². The predicted octanol–water partition coefficient (Wildman–Crippen LogP) is 1.74. The molecule has 0 unspecified atom stereocenters. The minimum atomic E-state index is -0.202. The van der Waals surface area contributed by atoms with E-state index in [1.807, 2.05) is 24.3 Å². The molecule has 1 fully saturated rings. The van der Waals surface area contributed by atoms with Crippen molar-refractivity contribution in [2.75, 3.05) is 20.2 Å². The minimum absolute atomic E-state index is 0.202. The molecule has 1 aliphatic rings. The maximum absolute atomic E-state index is 11.4. The molecule has 0 saturated heterocycles. The molecule has 2 rings (SSSR count). The number of carbonyl (C=O) groups is 1. The zero-order valence-corrected chi connectivity index (χ0v) is 10.6. The summed E-state index contributed by atoms with van der Waals surface area (Å²) in [5, 5.41) is 3.11. The van der Waals surface area contributed by atoms with Gasteiger partial charge in [0.1, 0.15) is 12.4 Å². The highest BCUT2D eigenvalue weighted by atomic mass is 16.5. The molecule has 0 spiro atoms. The number of hydrogen-bond donors (Lipinski definition) is 1. The first-order valence-corrected chi connectivity index (χ1v) is 6.27. The Hall–Kier alpha value is -1.55. The second-order valence-corrected chi connectivity index (χ2v) is 4.58. The van der Waals surface area contributed by atoms with Crippen LogP contribution in [0.3, 0.4) is 0 Å². The van der Waals surface area contributed by atoms with Gasteiger partial charge < -0.3 is 14.8 Å². The molecule has 0 bridgehead atoms. The predicted molar refractivity (Wildman–Crippen MR) is 68.4 cm³/mol. The van der Waals surface area contributed by atoms with Gasteiger partial charge in [0.15, 0.2) is 0 Å². The second kappa shape index (κ2) is 6.40. The molecule has 1 aromatic carbocycles. The van der Waals surface area contributed by atoms with Gasteiger partial charge in [-0.3, -0.25) is 4.79 Å². The first-order valence-electron chi connectivity index (χ1n) is 6.27. The number of rotatable bonds is 7. The molecule has 4 heteroatoms. The summed E-state index contributed by atoms with van der Waals surface area (Å²) in [4.78, 5) is 11.4. The van der Waals surface area contributed by atoms with Crippen LogP contribution < -0.4 is 10.1 Å². The van der Waals surface area contributed by atoms with Gasteiger partial charge in [-0.2, -0.15) is 0 Å². The van der Waals surface area contributed by atoms with Crippen molar-refractivity contribution in [3.8, 4) is 5.75 Å². The third-order valence-corrected chi connectivity index (χ3v) is 2.96. The van der Waals surface area contributed by atoms with E-state index >= 15 is 0 Å². The summed E-state index contributed by atoms with van der Waals surface area (Å²) < 4.78 is 10.2. The van der Waals surface area contributed by atoms with Crippen LogP contribution in [0.2, 0.25) is 0 Å². The maximum Gasteiger partial charge on any atom is 0.320 e. The highest BCUT2D eigenvalue weighted by Gasteiger charge is 2.20. The average molecular weight is 249 g/mol. The van der Waals surface area contributed by atoms with Crippen LogP contribution >= 0.6 is 0 Å². The fourth-order valence-corrected chi connectivity index (χ4v) is 1.64. The Morgan fingerprint density at radius 1 is 1.33 bits per heavy atom. The molecule has 1 aromatic rings. The smallest absolute Gasteiger partial charge is 0.320 e. The van der Waals surface area contributed by atoms with E-state index in [-0.39, 0.29) is 5.97 Å². The minimum Gasteiger partial charge on any atom is -0.497 e. The summed E-state index contributed by atoms with van der Waals surface area (Å²) in [6.07, 6.45) is 2.57. The highest BCUT2D eigenvalue weighted by molar-refractivity contribution is 5.71. The Bertz CT molecular complexity index is 385. The van der Waals surface area contributed by atoms with Gasteiger partial charge >= 0.3 is 5.97 Å². The number of benzene rings is 1. The summed E-state index contributed by atoms with van der Waals surface area (Å²) in [5.41, 5.74) is 0.964. The zero-order chi connectivity index (χ0) is 12.8. The van der Waals surface area contributed by atoms with Crippen LogP contribution in [0.5, 0.6) is 5.75 Å². The molecule has 18 heavy (non-hydrogen) atoms. The largest absolute Gasteiger partial charge is 0.497 e. The lowest BCUT2D eigenvalue weighted by Crippen LogP contribution is -2.26. The van der Waals surface area contributed by atoms with Crippen LogP contribution in [0, 0.1) is 5.92 Å². The number of carbonyl (C=O) groups excluding carboxylic acids is 1. The molecule has 1 N–H and O–H groups in total. The van der Waals surface area contributed by atoms with Crippen molar-refractivity contribution < 1.29 is 14.3 Å². The number of hydrogen-bond acceptors (Lipinski definition) is 4. The molecule has 4 nitrogen and oxygen atoms in total.